The topological polar surface area (TPSA) is 54.4 Å². The van der Waals surface area contributed by atoms with Gasteiger partial charge in [0, 0.05) is 44.1 Å². The number of nitrogens with zero attached hydrogens (tertiary/aromatic N) is 1. The highest BCUT2D eigenvalue weighted by Crippen LogP contribution is 2.29. The van der Waals surface area contributed by atoms with Crippen LogP contribution in [0.2, 0.25) is 0 Å². The first-order valence-electron chi connectivity index (χ1n) is 8.20. The summed E-state index contributed by atoms with van der Waals surface area (Å²) in [6.07, 6.45) is 5.52. The van der Waals surface area contributed by atoms with Crippen molar-refractivity contribution in [1.82, 2.24) is 10.3 Å². The molecule has 1 aliphatic heterocycles. The minimum atomic E-state index is -0.0286. The van der Waals surface area contributed by atoms with Gasteiger partial charge in [-0.1, -0.05) is 24.3 Å². The van der Waals surface area contributed by atoms with E-state index in [4.69, 9.17) is 4.74 Å². The van der Waals surface area contributed by atoms with E-state index in [9.17, 15) is 5.11 Å². The molecule has 2 N–H and O–H groups in total. The van der Waals surface area contributed by atoms with Crippen molar-refractivity contribution in [2.24, 2.45) is 5.41 Å². The second kappa shape index (κ2) is 7.68. The molecule has 0 unspecified atom stereocenters. The van der Waals surface area contributed by atoms with Crippen LogP contribution in [-0.2, 0) is 11.3 Å². The highest BCUT2D eigenvalue weighted by atomic mass is 16.5. The van der Waals surface area contributed by atoms with E-state index >= 15 is 0 Å². The molecular formula is C19H24N2O2. The van der Waals surface area contributed by atoms with Gasteiger partial charge in [0.25, 0.3) is 0 Å². The van der Waals surface area contributed by atoms with E-state index in [-0.39, 0.29) is 12.0 Å². The summed E-state index contributed by atoms with van der Waals surface area (Å²) in [6, 6.07) is 12.5. The standard InChI is InChI=1S/C19H24N2O2/c22-15-19(6-9-23-10-7-19)14-21-12-16-3-1-4-17(11-16)18-5-2-8-20-13-18/h1-5,8,11,13,21-22H,6-7,9-10,12,14-15H2. The number of nitrogens with one attached hydrogen (secondary N) is 1. The maximum Gasteiger partial charge on any atom is 0.0501 e. The summed E-state index contributed by atoms with van der Waals surface area (Å²) >= 11 is 0. The molecule has 1 aliphatic rings. The average molecular weight is 312 g/mol. The average Bonchev–Trinajstić information content (AvgIpc) is 2.63. The Morgan fingerprint density at radius 2 is 1.96 bits per heavy atom. The van der Waals surface area contributed by atoms with E-state index in [1.165, 1.54) is 11.1 Å². The van der Waals surface area contributed by atoms with Gasteiger partial charge >= 0.3 is 0 Å². The van der Waals surface area contributed by atoms with Gasteiger partial charge in [0.2, 0.25) is 0 Å². The number of rotatable bonds is 6. The van der Waals surface area contributed by atoms with Crippen molar-refractivity contribution in [3.63, 3.8) is 0 Å². The SMILES string of the molecule is OCC1(CNCc2cccc(-c3cccnc3)c2)CCOCC1. The molecule has 0 spiro atoms. The first kappa shape index (κ1) is 16.1. The van der Waals surface area contributed by atoms with Crippen molar-refractivity contribution in [3.8, 4) is 11.1 Å². The number of pyridine rings is 1. The second-order valence-electron chi connectivity index (χ2n) is 6.32. The lowest BCUT2D eigenvalue weighted by Crippen LogP contribution is -2.41. The van der Waals surface area contributed by atoms with Crippen LogP contribution in [0.4, 0.5) is 0 Å². The summed E-state index contributed by atoms with van der Waals surface area (Å²) in [5.41, 5.74) is 3.52. The Morgan fingerprint density at radius 1 is 1.13 bits per heavy atom. The smallest absolute Gasteiger partial charge is 0.0501 e. The number of hydrogen-bond acceptors (Lipinski definition) is 4. The van der Waals surface area contributed by atoms with Crippen molar-refractivity contribution in [3.05, 3.63) is 54.4 Å². The third-order valence-electron chi connectivity index (χ3n) is 4.64. The molecule has 0 bridgehead atoms. The first-order chi connectivity index (χ1) is 11.3. The Morgan fingerprint density at radius 3 is 2.70 bits per heavy atom. The van der Waals surface area contributed by atoms with Gasteiger partial charge in [0.1, 0.15) is 0 Å². The maximum atomic E-state index is 9.73. The molecular weight excluding hydrogens is 288 g/mol. The zero-order valence-corrected chi connectivity index (χ0v) is 13.4. The van der Waals surface area contributed by atoms with Crippen molar-refractivity contribution in [2.45, 2.75) is 19.4 Å². The molecule has 0 atom stereocenters. The molecule has 122 valence electrons. The molecule has 0 radical (unpaired) electrons. The van der Waals surface area contributed by atoms with E-state index in [0.29, 0.717) is 0 Å². The molecule has 3 rings (SSSR count). The van der Waals surface area contributed by atoms with Gasteiger partial charge in [0.05, 0.1) is 6.61 Å². The highest BCUT2D eigenvalue weighted by molar-refractivity contribution is 5.62. The van der Waals surface area contributed by atoms with Gasteiger partial charge in [-0.15, -0.1) is 0 Å². The fourth-order valence-corrected chi connectivity index (χ4v) is 3.06. The van der Waals surface area contributed by atoms with Gasteiger partial charge < -0.3 is 15.2 Å². The fourth-order valence-electron chi connectivity index (χ4n) is 3.06. The van der Waals surface area contributed by atoms with Crippen molar-refractivity contribution in [2.75, 3.05) is 26.4 Å². The molecule has 2 aromatic rings. The predicted octanol–water partition coefficient (Wildman–Crippen LogP) is 2.63. The minimum Gasteiger partial charge on any atom is -0.396 e. The van der Waals surface area contributed by atoms with Gasteiger partial charge in [0.15, 0.2) is 0 Å². The predicted molar refractivity (Wildman–Crippen MR) is 91.0 cm³/mol. The van der Waals surface area contributed by atoms with Gasteiger partial charge in [-0.05, 0) is 41.7 Å². The summed E-state index contributed by atoms with van der Waals surface area (Å²) < 4.78 is 5.41. The first-order valence-corrected chi connectivity index (χ1v) is 8.20. The highest BCUT2D eigenvalue weighted by Gasteiger charge is 2.31. The third kappa shape index (κ3) is 4.16. The van der Waals surface area contributed by atoms with E-state index in [0.717, 1.165) is 44.7 Å². The fraction of sp³-hybridized carbons (Fsp3) is 0.421. The van der Waals surface area contributed by atoms with Crippen LogP contribution in [0, 0.1) is 5.41 Å². The van der Waals surface area contributed by atoms with E-state index in [2.05, 4.69) is 40.6 Å². The number of aliphatic hydroxyl groups is 1. The zero-order chi connectivity index (χ0) is 16.0. The maximum absolute atomic E-state index is 9.73. The molecule has 1 aromatic heterocycles. The van der Waals surface area contributed by atoms with Gasteiger partial charge in [-0.25, -0.2) is 0 Å². The molecule has 0 saturated carbocycles. The summed E-state index contributed by atoms with van der Waals surface area (Å²) in [5.74, 6) is 0. The summed E-state index contributed by atoms with van der Waals surface area (Å²) in [4.78, 5) is 4.18. The lowest BCUT2D eigenvalue weighted by Gasteiger charge is -2.35. The van der Waals surface area contributed by atoms with E-state index in [1.54, 1.807) is 6.20 Å². The quantitative estimate of drug-likeness (QED) is 0.861. The molecule has 1 saturated heterocycles. The van der Waals surface area contributed by atoms with Gasteiger partial charge in [-0.2, -0.15) is 0 Å². The monoisotopic (exact) mass is 312 g/mol. The molecule has 4 nitrogen and oxygen atoms in total. The molecule has 1 fully saturated rings. The minimum absolute atomic E-state index is 0.0286. The van der Waals surface area contributed by atoms with Crippen LogP contribution < -0.4 is 5.32 Å². The Kier molecular flexibility index (Phi) is 5.39. The molecule has 4 heteroatoms. The number of aromatic nitrogens is 1. The normalized spacial score (nSPS) is 17.1. The van der Waals surface area contributed by atoms with Gasteiger partial charge in [-0.3, -0.25) is 4.98 Å². The Labute approximate surface area is 137 Å². The zero-order valence-electron chi connectivity index (χ0n) is 13.4. The van der Waals surface area contributed by atoms with Crippen molar-refractivity contribution in [1.29, 1.82) is 0 Å². The summed E-state index contributed by atoms with van der Waals surface area (Å²) in [5, 5.41) is 13.2. The lowest BCUT2D eigenvalue weighted by atomic mass is 9.81. The van der Waals surface area contributed by atoms with Crippen molar-refractivity contribution >= 4 is 0 Å². The van der Waals surface area contributed by atoms with E-state index in [1.807, 2.05) is 12.3 Å². The second-order valence-corrected chi connectivity index (χ2v) is 6.32. The molecule has 1 aromatic carbocycles. The third-order valence-corrected chi connectivity index (χ3v) is 4.64. The molecule has 23 heavy (non-hydrogen) atoms. The molecule has 0 amide bonds. The number of ether oxygens (including phenoxy) is 1. The van der Waals surface area contributed by atoms with Crippen LogP contribution >= 0.6 is 0 Å². The van der Waals surface area contributed by atoms with Crippen molar-refractivity contribution < 1.29 is 9.84 Å². The van der Waals surface area contributed by atoms with Crippen LogP contribution in [-0.4, -0.2) is 36.5 Å². The largest absolute Gasteiger partial charge is 0.396 e. The van der Waals surface area contributed by atoms with E-state index < -0.39 is 0 Å². The summed E-state index contributed by atoms with van der Waals surface area (Å²) in [7, 11) is 0. The van der Waals surface area contributed by atoms with Crippen LogP contribution in [0.1, 0.15) is 18.4 Å². The Hall–Kier alpha value is -1.75. The Bertz CT molecular complexity index is 610. The van der Waals surface area contributed by atoms with Crippen LogP contribution in [0.15, 0.2) is 48.8 Å². The summed E-state index contributed by atoms with van der Waals surface area (Å²) in [6.45, 7) is 3.34. The number of benzene rings is 1. The number of hydrogen-bond donors (Lipinski definition) is 2. The lowest BCUT2D eigenvalue weighted by molar-refractivity contribution is -0.0154. The van der Waals surface area contributed by atoms with Crippen LogP contribution in [0.3, 0.4) is 0 Å². The Balaban J connectivity index is 1.60. The molecule has 2 heterocycles. The van der Waals surface area contributed by atoms with Crippen LogP contribution in [0.25, 0.3) is 11.1 Å². The molecule has 0 aliphatic carbocycles. The van der Waals surface area contributed by atoms with Crippen LogP contribution in [0.5, 0.6) is 0 Å². The number of aliphatic hydroxyl groups excluding tert-OH is 1.